The lowest BCUT2D eigenvalue weighted by molar-refractivity contribution is 0.185. The van der Waals surface area contributed by atoms with Crippen molar-refractivity contribution in [2.24, 2.45) is 0 Å². The molecule has 15 heavy (non-hydrogen) atoms. The molecule has 0 bridgehead atoms. The van der Waals surface area contributed by atoms with Gasteiger partial charge in [0.2, 0.25) is 0 Å². The van der Waals surface area contributed by atoms with Gasteiger partial charge in [0, 0.05) is 17.1 Å². The zero-order valence-corrected chi connectivity index (χ0v) is 9.25. The summed E-state index contributed by atoms with van der Waals surface area (Å²) in [5, 5.41) is 10.6. The Labute approximate surface area is 89.9 Å². The molecular weight excluding hydrogens is 186 g/mol. The Morgan fingerprint density at radius 2 is 2.20 bits per heavy atom. The van der Waals surface area contributed by atoms with Gasteiger partial charge < -0.3 is 10.1 Å². The molecule has 1 heterocycles. The van der Waals surface area contributed by atoms with Crippen LogP contribution in [-0.2, 0) is 6.42 Å². The van der Waals surface area contributed by atoms with Crippen LogP contribution in [0.1, 0.15) is 24.5 Å². The van der Waals surface area contributed by atoms with Gasteiger partial charge in [0.1, 0.15) is 0 Å². The molecule has 0 aliphatic carbocycles. The molecule has 0 unspecified atom stereocenters. The van der Waals surface area contributed by atoms with Crippen molar-refractivity contribution in [3.8, 4) is 0 Å². The highest BCUT2D eigenvalue weighted by molar-refractivity contribution is 5.86. The lowest BCUT2D eigenvalue weighted by Gasteiger charge is -2.04. The molecule has 80 valence electrons. The topological polar surface area (TPSA) is 36.0 Å². The number of hydrogen-bond donors (Lipinski definition) is 2. The number of hydrogen-bond acceptors (Lipinski definition) is 1. The summed E-state index contributed by atoms with van der Waals surface area (Å²) in [6.45, 7) is 3.96. The summed E-state index contributed by atoms with van der Waals surface area (Å²) in [7, 11) is 0. The molecule has 0 saturated heterocycles. The molecule has 0 spiro atoms. The highest BCUT2D eigenvalue weighted by Gasteiger charge is 2.06. The van der Waals surface area contributed by atoms with Crippen molar-refractivity contribution in [2.75, 3.05) is 0 Å². The van der Waals surface area contributed by atoms with E-state index in [0.717, 1.165) is 12.8 Å². The summed E-state index contributed by atoms with van der Waals surface area (Å²) in [5.41, 5.74) is 3.80. The van der Waals surface area contributed by atoms with Gasteiger partial charge in [-0.1, -0.05) is 12.1 Å². The second-order valence-electron chi connectivity index (χ2n) is 4.20. The monoisotopic (exact) mass is 203 g/mol. The van der Waals surface area contributed by atoms with Crippen LogP contribution in [0, 0.1) is 6.92 Å². The predicted molar refractivity (Wildman–Crippen MR) is 63.0 cm³/mol. The zero-order valence-electron chi connectivity index (χ0n) is 9.25. The van der Waals surface area contributed by atoms with E-state index in [9.17, 15) is 5.11 Å². The van der Waals surface area contributed by atoms with Gasteiger partial charge in [0.15, 0.2) is 0 Å². The van der Waals surface area contributed by atoms with E-state index in [1.807, 2.05) is 6.92 Å². The van der Waals surface area contributed by atoms with E-state index in [1.165, 1.54) is 22.0 Å². The summed E-state index contributed by atoms with van der Waals surface area (Å²) in [5.74, 6) is 0. The number of aromatic amines is 1. The van der Waals surface area contributed by atoms with Crippen LogP contribution in [0.4, 0.5) is 0 Å². The lowest BCUT2D eigenvalue weighted by atomic mass is 10.0. The minimum absolute atomic E-state index is 0.223. The number of aryl methyl sites for hydroxylation is 2. The van der Waals surface area contributed by atoms with Crippen molar-refractivity contribution >= 4 is 10.9 Å². The summed E-state index contributed by atoms with van der Waals surface area (Å²) in [4.78, 5) is 3.27. The maximum atomic E-state index is 9.28. The third kappa shape index (κ3) is 2.05. The fourth-order valence-corrected chi connectivity index (χ4v) is 2.01. The van der Waals surface area contributed by atoms with Gasteiger partial charge in [-0.15, -0.1) is 0 Å². The molecule has 1 aromatic carbocycles. The van der Waals surface area contributed by atoms with Gasteiger partial charge in [-0.3, -0.25) is 0 Å². The maximum Gasteiger partial charge on any atom is 0.0515 e. The zero-order chi connectivity index (χ0) is 10.8. The fraction of sp³-hybridized carbons (Fsp3) is 0.385. The van der Waals surface area contributed by atoms with Crippen molar-refractivity contribution in [3.63, 3.8) is 0 Å². The number of aliphatic hydroxyl groups excluding tert-OH is 1. The fourth-order valence-electron chi connectivity index (χ4n) is 2.01. The van der Waals surface area contributed by atoms with Crippen LogP contribution in [0.15, 0.2) is 24.4 Å². The van der Waals surface area contributed by atoms with Crippen LogP contribution in [-0.4, -0.2) is 16.2 Å². The van der Waals surface area contributed by atoms with E-state index in [-0.39, 0.29) is 6.10 Å². The van der Waals surface area contributed by atoms with Gasteiger partial charge in [-0.25, -0.2) is 0 Å². The Bertz CT molecular complexity index is 457. The Morgan fingerprint density at radius 3 is 2.93 bits per heavy atom. The number of aromatic nitrogens is 1. The molecule has 2 nitrogen and oxygen atoms in total. The van der Waals surface area contributed by atoms with Gasteiger partial charge in [-0.05, 0) is 43.9 Å². The average molecular weight is 203 g/mol. The number of benzene rings is 1. The number of rotatable bonds is 3. The van der Waals surface area contributed by atoms with Crippen LogP contribution in [0.2, 0.25) is 0 Å². The second-order valence-corrected chi connectivity index (χ2v) is 4.20. The Kier molecular flexibility index (Phi) is 2.78. The van der Waals surface area contributed by atoms with E-state index in [0.29, 0.717) is 0 Å². The first-order valence-corrected chi connectivity index (χ1v) is 5.42. The molecule has 1 atom stereocenters. The number of fused-ring (bicyclic) bond motifs is 1. The van der Waals surface area contributed by atoms with E-state index in [2.05, 4.69) is 36.3 Å². The molecular formula is C13H17NO. The van der Waals surface area contributed by atoms with Crippen molar-refractivity contribution in [3.05, 3.63) is 35.5 Å². The highest BCUT2D eigenvalue weighted by Crippen LogP contribution is 2.23. The maximum absolute atomic E-state index is 9.28. The van der Waals surface area contributed by atoms with Crippen LogP contribution in [0.25, 0.3) is 10.9 Å². The van der Waals surface area contributed by atoms with E-state index in [1.54, 1.807) is 0 Å². The molecule has 0 radical (unpaired) electrons. The molecule has 0 saturated carbocycles. The molecule has 0 aliphatic rings. The van der Waals surface area contributed by atoms with Gasteiger partial charge >= 0.3 is 0 Å². The van der Waals surface area contributed by atoms with Crippen LogP contribution >= 0.6 is 0 Å². The molecule has 1 aromatic heterocycles. The number of aliphatic hydroxyl groups is 1. The molecule has 0 amide bonds. The van der Waals surface area contributed by atoms with Crippen LogP contribution in [0.5, 0.6) is 0 Å². The second kappa shape index (κ2) is 4.07. The predicted octanol–water partition coefficient (Wildman–Crippen LogP) is 2.79. The number of H-pyrrole nitrogens is 1. The van der Waals surface area contributed by atoms with Crippen molar-refractivity contribution in [1.29, 1.82) is 0 Å². The van der Waals surface area contributed by atoms with E-state index >= 15 is 0 Å². The van der Waals surface area contributed by atoms with Gasteiger partial charge in [0.25, 0.3) is 0 Å². The molecule has 0 aliphatic heterocycles. The summed E-state index contributed by atoms with van der Waals surface area (Å²) < 4.78 is 0. The largest absolute Gasteiger partial charge is 0.393 e. The lowest BCUT2D eigenvalue weighted by Crippen LogP contribution is -2.01. The number of nitrogens with one attached hydrogen (secondary N) is 1. The van der Waals surface area contributed by atoms with Crippen molar-refractivity contribution < 1.29 is 5.11 Å². The van der Waals surface area contributed by atoms with E-state index < -0.39 is 0 Å². The van der Waals surface area contributed by atoms with Crippen LogP contribution < -0.4 is 0 Å². The molecule has 2 aromatic rings. The Balaban J connectivity index is 2.35. The van der Waals surface area contributed by atoms with Gasteiger partial charge in [-0.2, -0.15) is 0 Å². The first-order valence-electron chi connectivity index (χ1n) is 5.42. The van der Waals surface area contributed by atoms with Crippen molar-refractivity contribution in [1.82, 2.24) is 4.98 Å². The highest BCUT2D eigenvalue weighted by atomic mass is 16.3. The third-order valence-corrected chi connectivity index (χ3v) is 2.83. The van der Waals surface area contributed by atoms with Crippen molar-refractivity contribution in [2.45, 2.75) is 32.8 Å². The first kappa shape index (κ1) is 10.2. The minimum Gasteiger partial charge on any atom is -0.393 e. The Morgan fingerprint density at radius 1 is 1.40 bits per heavy atom. The first-order chi connectivity index (χ1) is 7.18. The summed E-state index contributed by atoms with van der Waals surface area (Å²) in [6, 6.07) is 6.28. The van der Waals surface area contributed by atoms with Gasteiger partial charge in [0.05, 0.1) is 6.10 Å². The Hall–Kier alpha value is -1.28. The normalized spacial score (nSPS) is 13.3. The summed E-state index contributed by atoms with van der Waals surface area (Å²) >= 11 is 0. The molecule has 0 fully saturated rings. The standard InChI is InChI=1S/C13H17NO/c1-9-4-3-5-12-13(9)11(8-14-12)7-6-10(2)15/h3-5,8,10,14-15H,6-7H2,1-2H3/t10-/m0/s1. The SMILES string of the molecule is Cc1cccc2[nH]cc(CC[C@H](C)O)c12. The molecule has 2 heteroatoms. The van der Waals surface area contributed by atoms with E-state index in [4.69, 9.17) is 0 Å². The minimum atomic E-state index is -0.223. The summed E-state index contributed by atoms with van der Waals surface area (Å²) in [6.07, 6.45) is 3.59. The molecule has 2 N–H and O–H groups in total. The quantitative estimate of drug-likeness (QED) is 0.790. The smallest absolute Gasteiger partial charge is 0.0515 e. The average Bonchev–Trinajstić information content (AvgIpc) is 2.59. The van der Waals surface area contributed by atoms with Crippen LogP contribution in [0.3, 0.4) is 0 Å². The third-order valence-electron chi connectivity index (χ3n) is 2.83. The molecule has 2 rings (SSSR count).